The number of nitrogens with one attached hydrogen (secondary N) is 3. The second kappa shape index (κ2) is 8.50. The molecule has 3 rings (SSSR count). The van der Waals surface area contributed by atoms with E-state index in [0.717, 1.165) is 6.07 Å². The molecule has 162 valence electrons. The molecule has 0 unspecified atom stereocenters. The van der Waals surface area contributed by atoms with Gasteiger partial charge in [-0.05, 0) is 37.1 Å². The molecule has 31 heavy (non-hydrogen) atoms. The highest BCUT2D eigenvalue weighted by Crippen LogP contribution is 2.23. The molecule has 0 saturated carbocycles. The minimum atomic E-state index is -0.726. The van der Waals surface area contributed by atoms with E-state index in [4.69, 9.17) is 0 Å². The maximum Gasteiger partial charge on any atom is 0.329 e. The molecule has 0 radical (unpaired) electrons. The highest BCUT2D eigenvalue weighted by Gasteiger charge is 2.20. The van der Waals surface area contributed by atoms with E-state index in [1.54, 1.807) is 6.92 Å². The van der Waals surface area contributed by atoms with Crippen molar-refractivity contribution in [1.29, 1.82) is 0 Å². The smallest absolute Gasteiger partial charge is 0.324 e. The first kappa shape index (κ1) is 21.9. The van der Waals surface area contributed by atoms with E-state index in [9.17, 15) is 23.6 Å². The van der Waals surface area contributed by atoms with Gasteiger partial charge in [-0.25, -0.2) is 14.2 Å². The van der Waals surface area contributed by atoms with Gasteiger partial charge in [0.2, 0.25) is 5.91 Å². The van der Waals surface area contributed by atoms with Gasteiger partial charge in [0, 0.05) is 24.8 Å². The zero-order valence-electron chi connectivity index (χ0n) is 17.5. The second-order valence-electron chi connectivity index (χ2n) is 7.28. The van der Waals surface area contributed by atoms with E-state index in [0.29, 0.717) is 5.69 Å². The van der Waals surface area contributed by atoms with Gasteiger partial charge in [-0.2, -0.15) is 0 Å². The number of benzene rings is 1. The minimum Gasteiger partial charge on any atom is -0.324 e. The molecular weight excluding hydrogens is 405 g/mol. The van der Waals surface area contributed by atoms with Crippen LogP contribution in [0.2, 0.25) is 0 Å². The lowest BCUT2D eigenvalue weighted by Gasteiger charge is -2.14. The van der Waals surface area contributed by atoms with Crippen molar-refractivity contribution in [3.63, 3.8) is 0 Å². The Balaban J connectivity index is 2.16. The number of carbonyl (C=O) groups is 2. The Hall–Kier alpha value is -3.82. The minimum absolute atomic E-state index is 0.0208. The molecule has 0 fully saturated rings. The molecule has 2 heterocycles. The summed E-state index contributed by atoms with van der Waals surface area (Å²) in [6.45, 7) is 6.96. The molecule has 9 nitrogen and oxygen atoms in total. The summed E-state index contributed by atoms with van der Waals surface area (Å²) in [6.07, 6.45) is 0. The number of aromatic nitrogens is 3. The van der Waals surface area contributed by atoms with Crippen LogP contribution in [-0.4, -0.2) is 26.3 Å². The number of pyridine rings is 1. The van der Waals surface area contributed by atoms with E-state index in [2.05, 4.69) is 20.6 Å². The number of H-pyrrole nitrogens is 1. The number of hydrogen-bond acceptors (Lipinski definition) is 5. The van der Waals surface area contributed by atoms with Crippen LogP contribution in [0.4, 0.5) is 15.8 Å². The van der Waals surface area contributed by atoms with Crippen LogP contribution >= 0.6 is 0 Å². The molecular formula is C21H22FN5O4. The summed E-state index contributed by atoms with van der Waals surface area (Å²) in [7, 11) is 0. The maximum absolute atomic E-state index is 13.9. The Morgan fingerprint density at radius 1 is 1.19 bits per heavy atom. The van der Waals surface area contributed by atoms with Gasteiger partial charge in [0.25, 0.3) is 11.5 Å². The first-order valence-electron chi connectivity index (χ1n) is 9.68. The molecule has 0 bridgehead atoms. The highest BCUT2D eigenvalue weighted by atomic mass is 19.1. The lowest BCUT2D eigenvalue weighted by molar-refractivity contribution is -0.114. The van der Waals surface area contributed by atoms with Gasteiger partial charge in [-0.3, -0.25) is 23.9 Å². The van der Waals surface area contributed by atoms with Crippen molar-refractivity contribution in [3.8, 4) is 0 Å². The molecule has 2 aromatic heterocycles. The SMILES string of the molecule is CCn1c(=O)[nH]c(=O)c2c(C(=O)Nc3ccc(F)c(NC(C)=O)c3)cc(C(C)C)nc21. The highest BCUT2D eigenvalue weighted by molar-refractivity contribution is 6.12. The molecule has 0 spiro atoms. The van der Waals surface area contributed by atoms with Gasteiger partial charge in [0.1, 0.15) is 5.82 Å². The summed E-state index contributed by atoms with van der Waals surface area (Å²) < 4.78 is 15.2. The van der Waals surface area contributed by atoms with Crippen LogP contribution in [0.25, 0.3) is 11.0 Å². The van der Waals surface area contributed by atoms with Crippen LogP contribution < -0.4 is 21.9 Å². The Morgan fingerprint density at radius 2 is 1.90 bits per heavy atom. The van der Waals surface area contributed by atoms with E-state index in [1.165, 1.54) is 29.7 Å². The molecule has 2 amide bonds. The predicted octanol–water partition coefficient (Wildman–Crippen LogP) is 2.58. The summed E-state index contributed by atoms with van der Waals surface area (Å²) in [5, 5.41) is 4.93. The topological polar surface area (TPSA) is 126 Å². The number of anilines is 2. The van der Waals surface area contributed by atoms with Crippen LogP contribution in [0, 0.1) is 5.82 Å². The fourth-order valence-electron chi connectivity index (χ4n) is 3.15. The Morgan fingerprint density at radius 3 is 2.52 bits per heavy atom. The first-order chi connectivity index (χ1) is 14.6. The monoisotopic (exact) mass is 427 g/mol. The summed E-state index contributed by atoms with van der Waals surface area (Å²) >= 11 is 0. The summed E-state index contributed by atoms with van der Waals surface area (Å²) in [4.78, 5) is 55.8. The van der Waals surface area contributed by atoms with Crippen molar-refractivity contribution in [2.75, 3.05) is 10.6 Å². The van der Waals surface area contributed by atoms with Crippen LogP contribution in [0.3, 0.4) is 0 Å². The van der Waals surface area contributed by atoms with Gasteiger partial charge >= 0.3 is 5.69 Å². The fraction of sp³-hybridized carbons (Fsp3) is 0.286. The number of hydrogen-bond donors (Lipinski definition) is 3. The molecule has 0 aliphatic heterocycles. The molecule has 0 aliphatic rings. The van der Waals surface area contributed by atoms with Gasteiger partial charge in [-0.1, -0.05) is 13.8 Å². The van der Waals surface area contributed by atoms with Crippen molar-refractivity contribution in [2.45, 2.75) is 40.2 Å². The van der Waals surface area contributed by atoms with E-state index >= 15 is 0 Å². The number of carbonyl (C=O) groups excluding carboxylic acids is 2. The number of nitrogens with zero attached hydrogens (tertiary/aromatic N) is 2. The number of halogens is 1. The van der Waals surface area contributed by atoms with Gasteiger partial charge in [0.15, 0.2) is 5.65 Å². The standard InChI is InChI=1S/C21H22FN5O4/c1-5-27-18-17(20(30)26-21(27)31)13(9-15(25-18)10(2)3)19(29)24-12-6-7-14(22)16(8-12)23-11(4)28/h6-10H,5H2,1-4H3,(H,23,28)(H,24,29)(H,26,30,31). The van der Waals surface area contributed by atoms with Gasteiger partial charge < -0.3 is 10.6 Å². The Kier molecular flexibility index (Phi) is 6.00. The summed E-state index contributed by atoms with van der Waals surface area (Å²) in [6, 6.07) is 5.21. The van der Waals surface area contributed by atoms with Crippen LogP contribution in [-0.2, 0) is 11.3 Å². The number of aromatic amines is 1. The third-order valence-corrected chi connectivity index (χ3v) is 4.66. The Bertz CT molecular complexity index is 1310. The summed E-state index contributed by atoms with van der Waals surface area (Å²) in [5.41, 5.74) is -0.540. The normalized spacial score (nSPS) is 11.0. The zero-order valence-corrected chi connectivity index (χ0v) is 17.5. The van der Waals surface area contributed by atoms with E-state index in [1.807, 2.05) is 13.8 Å². The number of aryl methyl sites for hydroxylation is 1. The molecule has 1 aromatic carbocycles. The van der Waals surface area contributed by atoms with E-state index < -0.39 is 28.9 Å². The maximum atomic E-state index is 13.9. The molecule has 0 saturated heterocycles. The van der Waals surface area contributed by atoms with Crippen molar-refractivity contribution in [2.24, 2.45) is 0 Å². The molecule has 10 heteroatoms. The van der Waals surface area contributed by atoms with E-state index in [-0.39, 0.29) is 40.4 Å². The fourth-order valence-corrected chi connectivity index (χ4v) is 3.15. The second-order valence-corrected chi connectivity index (χ2v) is 7.28. The largest absolute Gasteiger partial charge is 0.329 e. The molecule has 0 aliphatic carbocycles. The first-order valence-corrected chi connectivity index (χ1v) is 9.68. The number of rotatable bonds is 5. The molecule has 0 atom stereocenters. The van der Waals surface area contributed by atoms with Gasteiger partial charge in [0.05, 0.1) is 16.6 Å². The van der Waals surface area contributed by atoms with Crippen LogP contribution in [0.5, 0.6) is 0 Å². The lowest BCUT2D eigenvalue weighted by atomic mass is 10.0. The Labute approximate surface area is 176 Å². The van der Waals surface area contributed by atoms with Crippen molar-refractivity contribution in [3.05, 3.63) is 62.2 Å². The lowest BCUT2D eigenvalue weighted by Crippen LogP contribution is -2.32. The average molecular weight is 427 g/mol. The van der Waals surface area contributed by atoms with Crippen LogP contribution in [0.15, 0.2) is 33.9 Å². The zero-order chi connectivity index (χ0) is 22.9. The predicted molar refractivity (Wildman–Crippen MR) is 115 cm³/mol. The average Bonchev–Trinajstić information content (AvgIpc) is 2.69. The summed E-state index contributed by atoms with van der Waals surface area (Å²) in [5.74, 6) is -1.84. The van der Waals surface area contributed by atoms with Crippen molar-refractivity contribution >= 4 is 34.2 Å². The molecule has 3 aromatic rings. The quantitative estimate of drug-likeness (QED) is 0.577. The van der Waals surface area contributed by atoms with Crippen molar-refractivity contribution in [1.82, 2.24) is 14.5 Å². The molecule has 3 N–H and O–H groups in total. The van der Waals surface area contributed by atoms with Crippen molar-refractivity contribution < 1.29 is 14.0 Å². The van der Waals surface area contributed by atoms with Gasteiger partial charge in [-0.15, -0.1) is 0 Å². The third kappa shape index (κ3) is 4.37. The van der Waals surface area contributed by atoms with Crippen LogP contribution in [0.1, 0.15) is 49.7 Å². The number of amides is 2. The third-order valence-electron chi connectivity index (χ3n) is 4.66. The number of fused-ring (bicyclic) bond motifs is 1.